The van der Waals surface area contributed by atoms with Crippen molar-refractivity contribution in [3.8, 4) is 0 Å². The van der Waals surface area contributed by atoms with Crippen molar-refractivity contribution in [2.24, 2.45) is 0 Å². The number of aromatic nitrogens is 2. The number of hydrogen-bond donors (Lipinski definition) is 1. The molecule has 0 amide bonds. The van der Waals surface area contributed by atoms with Crippen molar-refractivity contribution in [3.63, 3.8) is 0 Å². The van der Waals surface area contributed by atoms with Crippen LogP contribution < -0.4 is 5.32 Å². The molecule has 0 aliphatic carbocycles. The topological polar surface area (TPSA) is 37.8 Å². The van der Waals surface area contributed by atoms with Gasteiger partial charge in [-0.15, -0.1) is 0 Å². The Labute approximate surface area is 95.6 Å². The summed E-state index contributed by atoms with van der Waals surface area (Å²) in [5, 5.41) is 3.37. The predicted molar refractivity (Wildman–Crippen MR) is 63.9 cm³/mol. The van der Waals surface area contributed by atoms with Crippen molar-refractivity contribution >= 4 is 0 Å². The van der Waals surface area contributed by atoms with E-state index in [0.29, 0.717) is 0 Å². The molecule has 2 heterocycles. The summed E-state index contributed by atoms with van der Waals surface area (Å²) in [4.78, 5) is 8.34. The first-order chi connectivity index (χ1) is 7.95. The van der Waals surface area contributed by atoms with Crippen LogP contribution in [-0.4, -0.2) is 16.5 Å². The molecule has 16 heavy (non-hydrogen) atoms. The molecule has 2 aromatic heterocycles. The predicted octanol–water partition coefficient (Wildman–Crippen LogP) is 1.81. The maximum atomic E-state index is 4.27. The first-order valence-corrected chi connectivity index (χ1v) is 5.45. The van der Waals surface area contributed by atoms with E-state index in [1.807, 2.05) is 36.7 Å². The fourth-order valence-corrected chi connectivity index (χ4v) is 1.50. The van der Waals surface area contributed by atoms with E-state index in [2.05, 4.69) is 21.4 Å². The minimum Gasteiger partial charge on any atom is -0.312 e. The number of pyridine rings is 2. The third kappa shape index (κ3) is 3.44. The van der Waals surface area contributed by atoms with Gasteiger partial charge in [-0.1, -0.05) is 12.1 Å². The van der Waals surface area contributed by atoms with Gasteiger partial charge in [0.1, 0.15) is 0 Å². The molecule has 0 unspecified atom stereocenters. The number of rotatable bonds is 5. The zero-order chi connectivity index (χ0) is 11.1. The van der Waals surface area contributed by atoms with E-state index < -0.39 is 0 Å². The van der Waals surface area contributed by atoms with Crippen LogP contribution in [0, 0.1) is 0 Å². The van der Waals surface area contributed by atoms with Crippen LogP contribution >= 0.6 is 0 Å². The van der Waals surface area contributed by atoms with E-state index in [1.165, 1.54) is 5.56 Å². The lowest BCUT2D eigenvalue weighted by atomic mass is 10.2. The first kappa shape index (κ1) is 10.8. The monoisotopic (exact) mass is 213 g/mol. The van der Waals surface area contributed by atoms with Gasteiger partial charge in [0, 0.05) is 43.8 Å². The van der Waals surface area contributed by atoms with Crippen LogP contribution in [0.5, 0.6) is 0 Å². The summed E-state index contributed by atoms with van der Waals surface area (Å²) in [6.07, 6.45) is 6.46. The number of hydrogen-bond acceptors (Lipinski definition) is 3. The minimum atomic E-state index is 0.862. The Kier molecular flexibility index (Phi) is 4.02. The second-order valence-corrected chi connectivity index (χ2v) is 3.61. The van der Waals surface area contributed by atoms with Crippen molar-refractivity contribution < 1.29 is 0 Å². The van der Waals surface area contributed by atoms with Crippen LogP contribution in [0.2, 0.25) is 0 Å². The van der Waals surface area contributed by atoms with Gasteiger partial charge in [-0.05, 0) is 23.8 Å². The Morgan fingerprint density at radius 2 is 2.06 bits per heavy atom. The van der Waals surface area contributed by atoms with Crippen molar-refractivity contribution in [2.45, 2.75) is 13.0 Å². The number of nitrogens with zero attached hydrogens (tertiary/aromatic N) is 2. The summed E-state index contributed by atoms with van der Waals surface area (Å²) < 4.78 is 0. The second-order valence-electron chi connectivity index (χ2n) is 3.61. The van der Waals surface area contributed by atoms with E-state index >= 15 is 0 Å². The molecule has 2 rings (SSSR count). The van der Waals surface area contributed by atoms with Gasteiger partial charge in [-0.3, -0.25) is 9.97 Å². The lowest BCUT2D eigenvalue weighted by Crippen LogP contribution is -2.17. The smallest absolute Gasteiger partial charge is 0.0416 e. The Balaban J connectivity index is 1.70. The summed E-state index contributed by atoms with van der Waals surface area (Å²) in [5.41, 5.74) is 2.34. The van der Waals surface area contributed by atoms with Gasteiger partial charge in [0.25, 0.3) is 0 Å². The average molecular weight is 213 g/mol. The van der Waals surface area contributed by atoms with Crippen LogP contribution in [0.4, 0.5) is 0 Å². The molecule has 2 aromatic rings. The molecular formula is C13H15N3. The van der Waals surface area contributed by atoms with Gasteiger partial charge in [-0.25, -0.2) is 0 Å². The summed E-state index contributed by atoms with van der Waals surface area (Å²) in [6.45, 7) is 1.80. The van der Waals surface area contributed by atoms with Crippen LogP contribution in [0.15, 0.2) is 48.9 Å². The fourth-order valence-electron chi connectivity index (χ4n) is 1.50. The fraction of sp³-hybridized carbons (Fsp3) is 0.231. The second kappa shape index (κ2) is 5.98. The molecule has 0 fully saturated rings. The van der Waals surface area contributed by atoms with Crippen molar-refractivity contribution in [3.05, 3.63) is 60.2 Å². The Morgan fingerprint density at radius 1 is 1.06 bits per heavy atom. The molecule has 3 nitrogen and oxygen atoms in total. The average Bonchev–Trinajstić information content (AvgIpc) is 2.37. The zero-order valence-electron chi connectivity index (χ0n) is 9.13. The Bertz CT molecular complexity index is 359. The molecule has 0 aliphatic heterocycles. The highest BCUT2D eigenvalue weighted by molar-refractivity contribution is 5.08. The third-order valence-electron chi connectivity index (χ3n) is 2.34. The van der Waals surface area contributed by atoms with Gasteiger partial charge in [0.2, 0.25) is 0 Å². The summed E-state index contributed by atoms with van der Waals surface area (Å²) in [7, 11) is 0. The molecule has 82 valence electrons. The van der Waals surface area contributed by atoms with Crippen molar-refractivity contribution in [1.29, 1.82) is 0 Å². The lowest BCUT2D eigenvalue weighted by molar-refractivity contribution is 0.678. The van der Waals surface area contributed by atoms with Crippen molar-refractivity contribution in [2.75, 3.05) is 6.54 Å². The standard InChI is InChI=1S/C13H15N3/c1-2-8-16-13(5-1)6-9-15-11-12-4-3-7-14-10-12/h1-5,7-8,10,15H,6,9,11H2. The normalized spacial score (nSPS) is 10.2. The van der Waals surface area contributed by atoms with E-state index in [4.69, 9.17) is 0 Å². The molecule has 0 aromatic carbocycles. The highest BCUT2D eigenvalue weighted by Gasteiger charge is 1.94. The molecule has 0 atom stereocenters. The third-order valence-corrected chi connectivity index (χ3v) is 2.34. The SMILES string of the molecule is c1ccc(CCNCc2cccnc2)nc1. The Hall–Kier alpha value is -1.74. The quantitative estimate of drug-likeness (QED) is 0.770. The van der Waals surface area contributed by atoms with Gasteiger partial charge < -0.3 is 5.32 Å². The van der Waals surface area contributed by atoms with Crippen LogP contribution in [0.25, 0.3) is 0 Å². The molecular weight excluding hydrogens is 198 g/mol. The van der Waals surface area contributed by atoms with Crippen LogP contribution in [0.3, 0.4) is 0 Å². The van der Waals surface area contributed by atoms with Gasteiger partial charge in [0.15, 0.2) is 0 Å². The molecule has 0 spiro atoms. The minimum absolute atomic E-state index is 0.862. The summed E-state index contributed by atoms with van der Waals surface area (Å²) in [6, 6.07) is 10.0. The molecule has 0 radical (unpaired) electrons. The summed E-state index contributed by atoms with van der Waals surface area (Å²) >= 11 is 0. The van der Waals surface area contributed by atoms with Gasteiger partial charge in [0.05, 0.1) is 0 Å². The maximum absolute atomic E-state index is 4.27. The van der Waals surface area contributed by atoms with Crippen molar-refractivity contribution in [1.82, 2.24) is 15.3 Å². The van der Waals surface area contributed by atoms with Crippen LogP contribution in [0.1, 0.15) is 11.3 Å². The molecule has 0 saturated heterocycles. The highest BCUT2D eigenvalue weighted by Crippen LogP contribution is 1.96. The first-order valence-electron chi connectivity index (χ1n) is 5.45. The highest BCUT2D eigenvalue weighted by atomic mass is 14.9. The van der Waals surface area contributed by atoms with Crippen LogP contribution in [-0.2, 0) is 13.0 Å². The number of nitrogens with one attached hydrogen (secondary N) is 1. The van der Waals surface area contributed by atoms with E-state index in [-0.39, 0.29) is 0 Å². The largest absolute Gasteiger partial charge is 0.312 e. The molecule has 0 aliphatic rings. The Morgan fingerprint density at radius 3 is 2.81 bits per heavy atom. The molecule has 0 saturated carbocycles. The van der Waals surface area contributed by atoms with Gasteiger partial charge in [-0.2, -0.15) is 0 Å². The zero-order valence-corrected chi connectivity index (χ0v) is 9.13. The lowest BCUT2D eigenvalue weighted by Gasteiger charge is -2.03. The van der Waals surface area contributed by atoms with E-state index in [1.54, 1.807) is 6.20 Å². The van der Waals surface area contributed by atoms with E-state index in [0.717, 1.165) is 25.2 Å². The van der Waals surface area contributed by atoms with Gasteiger partial charge >= 0.3 is 0 Å². The molecule has 3 heteroatoms. The summed E-state index contributed by atoms with van der Waals surface area (Å²) in [5.74, 6) is 0. The van der Waals surface area contributed by atoms with E-state index in [9.17, 15) is 0 Å². The molecule has 1 N–H and O–H groups in total. The molecule has 0 bridgehead atoms. The maximum Gasteiger partial charge on any atom is 0.0416 e.